The molecule has 10 heteroatoms. The van der Waals surface area contributed by atoms with Gasteiger partial charge in [0.25, 0.3) is 17.7 Å². The molecule has 2 aromatic carbocycles. The number of nitrogens with zero attached hydrogens (tertiary/aromatic N) is 2. The number of benzene rings is 2. The summed E-state index contributed by atoms with van der Waals surface area (Å²) in [6, 6.07) is 12.6. The lowest BCUT2D eigenvalue weighted by molar-refractivity contribution is -0.137. The zero-order valence-electron chi connectivity index (χ0n) is 21.0. The summed E-state index contributed by atoms with van der Waals surface area (Å²) in [4.78, 5) is 46.3. The smallest absolute Gasteiger partial charge is 0.316 e. The Balaban J connectivity index is 1.64. The van der Waals surface area contributed by atoms with E-state index in [0.717, 1.165) is 36.8 Å². The molecule has 1 aromatic heterocycles. The minimum absolute atomic E-state index is 0.0992. The van der Waals surface area contributed by atoms with Crippen molar-refractivity contribution in [2.75, 3.05) is 12.8 Å². The molecule has 0 atom stereocenters. The monoisotopic (exact) mass is 525 g/mol. The van der Waals surface area contributed by atoms with E-state index in [4.69, 9.17) is 4.42 Å². The van der Waals surface area contributed by atoms with Gasteiger partial charge in [-0.05, 0) is 55.7 Å². The normalized spacial score (nSPS) is 15.3. The number of carbonyl (C=O) groups excluding carboxylic acids is 3. The fraction of sp³-hybridized carbons (Fsp3) is 0.407. The molecule has 3 aromatic rings. The Kier molecular flexibility index (Phi) is 7.77. The van der Waals surface area contributed by atoms with Crippen molar-refractivity contribution in [3.8, 4) is 0 Å². The van der Waals surface area contributed by atoms with Gasteiger partial charge >= 0.3 is 5.91 Å². The van der Waals surface area contributed by atoms with Gasteiger partial charge < -0.3 is 9.73 Å². The molecule has 3 amide bonds. The van der Waals surface area contributed by atoms with Crippen LogP contribution in [0.4, 0.5) is 0 Å². The summed E-state index contributed by atoms with van der Waals surface area (Å²) in [5, 5.41) is 2.91. The van der Waals surface area contributed by atoms with Crippen LogP contribution < -0.4 is 5.32 Å². The highest BCUT2D eigenvalue weighted by Crippen LogP contribution is 2.31. The Bertz CT molecular complexity index is 1370. The van der Waals surface area contributed by atoms with Gasteiger partial charge in [-0.3, -0.25) is 19.3 Å². The average Bonchev–Trinajstić information content (AvgIpc) is 3.33. The molecule has 9 nitrogen and oxygen atoms in total. The van der Waals surface area contributed by atoms with Gasteiger partial charge in [0.1, 0.15) is 11.1 Å². The number of nitrogens with one attached hydrogen (secondary N) is 1. The molecule has 0 saturated heterocycles. The van der Waals surface area contributed by atoms with Gasteiger partial charge in [0.2, 0.25) is 0 Å². The summed E-state index contributed by atoms with van der Waals surface area (Å²) >= 11 is 0. The van der Waals surface area contributed by atoms with Crippen LogP contribution >= 0.6 is 0 Å². The molecule has 1 fully saturated rings. The van der Waals surface area contributed by atoms with Gasteiger partial charge in [-0.25, -0.2) is 13.4 Å². The Morgan fingerprint density at radius 3 is 2.32 bits per heavy atom. The largest absolute Gasteiger partial charge is 0.432 e. The second-order valence-corrected chi connectivity index (χ2v) is 11.5. The average molecular weight is 526 g/mol. The number of carbonyl (C=O) groups is 3. The number of hydrogen-bond acceptors (Lipinski definition) is 7. The second kappa shape index (κ2) is 10.8. The minimum atomic E-state index is -3.41. The lowest BCUT2D eigenvalue weighted by atomic mass is 9.80. The summed E-state index contributed by atoms with van der Waals surface area (Å²) in [6.45, 7) is 2.14. The highest BCUT2D eigenvalue weighted by Gasteiger charge is 2.45. The number of para-hydroxylation sites is 2. The highest BCUT2D eigenvalue weighted by molar-refractivity contribution is 7.90. The van der Waals surface area contributed by atoms with Crippen molar-refractivity contribution in [2.24, 2.45) is 0 Å². The van der Waals surface area contributed by atoms with Crippen LogP contribution in [0, 0.1) is 0 Å². The van der Waals surface area contributed by atoms with E-state index in [9.17, 15) is 22.8 Å². The molecule has 1 aliphatic carbocycles. The predicted octanol–water partition coefficient (Wildman–Crippen LogP) is 4.13. The molecule has 0 bridgehead atoms. The van der Waals surface area contributed by atoms with E-state index in [2.05, 4.69) is 10.3 Å². The Labute approximate surface area is 216 Å². The van der Waals surface area contributed by atoms with Crippen LogP contribution in [0.3, 0.4) is 0 Å². The van der Waals surface area contributed by atoms with Crippen molar-refractivity contribution < 1.29 is 27.2 Å². The maximum Gasteiger partial charge on any atom is 0.316 e. The first-order valence-corrected chi connectivity index (χ1v) is 14.4. The first kappa shape index (κ1) is 26.5. The van der Waals surface area contributed by atoms with Crippen LogP contribution in [0.5, 0.6) is 0 Å². The van der Waals surface area contributed by atoms with Gasteiger partial charge in [0.15, 0.2) is 15.4 Å². The highest BCUT2D eigenvalue weighted by atomic mass is 32.2. The van der Waals surface area contributed by atoms with Crippen LogP contribution in [0.1, 0.15) is 72.9 Å². The fourth-order valence-corrected chi connectivity index (χ4v) is 5.27. The van der Waals surface area contributed by atoms with Crippen molar-refractivity contribution >= 4 is 38.7 Å². The molecule has 37 heavy (non-hydrogen) atoms. The molecule has 1 aliphatic rings. The summed E-state index contributed by atoms with van der Waals surface area (Å²) in [5.41, 5.74) is -0.0604. The van der Waals surface area contributed by atoms with Crippen LogP contribution in [0.25, 0.3) is 11.1 Å². The van der Waals surface area contributed by atoms with Crippen molar-refractivity contribution in [1.29, 1.82) is 0 Å². The van der Waals surface area contributed by atoms with Crippen molar-refractivity contribution in [2.45, 2.75) is 62.3 Å². The SMILES string of the molecule is CCCCN(C(=O)c1nc2ccccc2o1)C(=O)C1(NC(=O)c2ccc(S(C)(=O)=O)cc2)CCCCC1. The van der Waals surface area contributed by atoms with E-state index >= 15 is 0 Å². The van der Waals surface area contributed by atoms with E-state index in [1.165, 1.54) is 24.3 Å². The number of unbranched alkanes of at least 4 members (excludes halogenated alkanes) is 1. The number of imide groups is 1. The molecule has 0 aliphatic heterocycles. The summed E-state index contributed by atoms with van der Waals surface area (Å²) in [5.74, 6) is -1.78. The number of fused-ring (bicyclic) bond motifs is 1. The Morgan fingerprint density at radius 2 is 1.70 bits per heavy atom. The van der Waals surface area contributed by atoms with E-state index < -0.39 is 33.1 Å². The summed E-state index contributed by atoms with van der Waals surface area (Å²) in [7, 11) is -3.41. The zero-order chi connectivity index (χ0) is 26.6. The zero-order valence-corrected chi connectivity index (χ0v) is 21.8. The number of amides is 3. The topological polar surface area (TPSA) is 127 Å². The van der Waals surface area contributed by atoms with Crippen LogP contribution in [0.15, 0.2) is 57.8 Å². The van der Waals surface area contributed by atoms with Crippen molar-refractivity contribution in [3.63, 3.8) is 0 Å². The van der Waals surface area contributed by atoms with E-state index in [1.54, 1.807) is 24.3 Å². The maximum absolute atomic E-state index is 14.1. The van der Waals surface area contributed by atoms with Crippen LogP contribution in [-0.2, 0) is 14.6 Å². The molecule has 1 heterocycles. The van der Waals surface area contributed by atoms with Crippen LogP contribution in [0.2, 0.25) is 0 Å². The van der Waals surface area contributed by atoms with E-state index in [0.29, 0.717) is 30.4 Å². The van der Waals surface area contributed by atoms with Gasteiger partial charge in [-0.2, -0.15) is 0 Å². The first-order valence-electron chi connectivity index (χ1n) is 12.5. The number of oxazole rings is 1. The van der Waals surface area contributed by atoms with Gasteiger partial charge in [0.05, 0.1) is 4.90 Å². The summed E-state index contributed by atoms with van der Waals surface area (Å²) in [6.07, 6.45) is 5.59. The third-order valence-corrected chi connectivity index (χ3v) is 7.84. The first-order chi connectivity index (χ1) is 17.6. The molecule has 1 N–H and O–H groups in total. The molecule has 0 spiro atoms. The molecule has 0 unspecified atom stereocenters. The number of hydrogen-bond donors (Lipinski definition) is 1. The van der Waals surface area contributed by atoms with Gasteiger partial charge in [-0.15, -0.1) is 0 Å². The number of rotatable bonds is 8. The molecule has 1 saturated carbocycles. The van der Waals surface area contributed by atoms with Crippen LogP contribution in [-0.4, -0.2) is 54.4 Å². The number of aromatic nitrogens is 1. The summed E-state index contributed by atoms with van der Waals surface area (Å²) < 4.78 is 29.2. The molecule has 196 valence electrons. The quantitative estimate of drug-likeness (QED) is 0.438. The van der Waals surface area contributed by atoms with Crippen molar-refractivity contribution in [1.82, 2.24) is 15.2 Å². The molecular formula is C27H31N3O6S. The van der Waals surface area contributed by atoms with E-state index in [-0.39, 0.29) is 22.9 Å². The maximum atomic E-state index is 14.1. The van der Waals surface area contributed by atoms with E-state index in [1.807, 2.05) is 6.92 Å². The third-order valence-electron chi connectivity index (χ3n) is 6.72. The van der Waals surface area contributed by atoms with Gasteiger partial charge in [0, 0.05) is 18.4 Å². The second-order valence-electron chi connectivity index (χ2n) is 9.50. The minimum Gasteiger partial charge on any atom is -0.432 e. The standard InChI is InChI=1S/C27H31N3O6S/c1-3-4-18-30(25(32)24-28-21-10-6-7-11-22(21)36-24)26(33)27(16-8-5-9-17-27)29-23(31)19-12-14-20(15-13-19)37(2,34)35/h6-7,10-15H,3-5,8-9,16-18H2,1-2H3,(H,29,31). The molecular weight excluding hydrogens is 494 g/mol. The lowest BCUT2D eigenvalue weighted by Crippen LogP contribution is -2.61. The predicted molar refractivity (Wildman–Crippen MR) is 138 cm³/mol. The number of sulfone groups is 1. The fourth-order valence-electron chi connectivity index (χ4n) is 4.64. The Hall–Kier alpha value is -3.53. The Morgan fingerprint density at radius 1 is 1.03 bits per heavy atom. The third kappa shape index (κ3) is 5.74. The molecule has 4 rings (SSSR count). The molecule has 0 radical (unpaired) electrons. The van der Waals surface area contributed by atoms with Gasteiger partial charge in [-0.1, -0.05) is 44.7 Å². The lowest BCUT2D eigenvalue weighted by Gasteiger charge is -2.39. The van der Waals surface area contributed by atoms with Crippen molar-refractivity contribution in [3.05, 3.63) is 60.0 Å².